The lowest BCUT2D eigenvalue weighted by atomic mass is 10.0. The summed E-state index contributed by atoms with van der Waals surface area (Å²) < 4.78 is 11.6. The largest absolute Gasteiger partial charge is 0.482 e. The number of carbonyl (C=O) groups is 2. The van der Waals surface area contributed by atoms with Gasteiger partial charge in [0.2, 0.25) is 5.91 Å². The molecule has 3 rings (SSSR count). The third-order valence-corrected chi connectivity index (χ3v) is 3.90. The summed E-state index contributed by atoms with van der Waals surface area (Å²) in [5.74, 6) is 0.570. The first-order valence-corrected chi connectivity index (χ1v) is 7.91. The van der Waals surface area contributed by atoms with Gasteiger partial charge in [0.25, 0.3) is 0 Å². The number of benzene rings is 2. The molecule has 2 aromatic rings. The fourth-order valence-electron chi connectivity index (χ4n) is 2.26. The van der Waals surface area contributed by atoms with Gasteiger partial charge < -0.3 is 14.8 Å². The van der Waals surface area contributed by atoms with Crippen molar-refractivity contribution in [2.45, 2.75) is 12.8 Å². The van der Waals surface area contributed by atoms with Crippen molar-refractivity contribution >= 4 is 33.5 Å². The Labute approximate surface area is 141 Å². The number of carbonyl (C=O) groups excluding carboxylic acids is 2. The standard InChI is InChI=1S/C17H14BrNO4/c18-12-2-4-13(5-3-12)22-10-17(21)23-14-6-7-15-11(9-14)1-8-16(20)19-15/h2-7,9H,1,8,10H2,(H,19,20). The molecule has 118 valence electrons. The number of aryl methyl sites for hydroxylation is 1. The fourth-order valence-corrected chi connectivity index (χ4v) is 2.52. The minimum Gasteiger partial charge on any atom is -0.482 e. The lowest BCUT2D eigenvalue weighted by molar-refractivity contribution is -0.136. The van der Waals surface area contributed by atoms with Crippen LogP contribution in [0.2, 0.25) is 0 Å². The minimum absolute atomic E-state index is 0.00476. The molecule has 0 aromatic heterocycles. The smallest absolute Gasteiger partial charge is 0.349 e. The van der Waals surface area contributed by atoms with Crippen LogP contribution in [0, 0.1) is 0 Å². The first-order valence-electron chi connectivity index (χ1n) is 7.12. The van der Waals surface area contributed by atoms with Gasteiger partial charge in [-0.25, -0.2) is 4.79 Å². The van der Waals surface area contributed by atoms with Crippen LogP contribution in [-0.4, -0.2) is 18.5 Å². The molecule has 1 heterocycles. The summed E-state index contributed by atoms with van der Waals surface area (Å²) in [6, 6.07) is 12.4. The fraction of sp³-hybridized carbons (Fsp3) is 0.176. The van der Waals surface area contributed by atoms with E-state index in [0.717, 1.165) is 15.7 Å². The summed E-state index contributed by atoms with van der Waals surface area (Å²) in [4.78, 5) is 23.2. The number of rotatable bonds is 4. The van der Waals surface area contributed by atoms with E-state index in [1.54, 1.807) is 30.3 Å². The van der Waals surface area contributed by atoms with Gasteiger partial charge in [0.15, 0.2) is 6.61 Å². The number of nitrogens with one attached hydrogen (secondary N) is 1. The first-order chi connectivity index (χ1) is 11.1. The maximum Gasteiger partial charge on any atom is 0.349 e. The number of esters is 1. The minimum atomic E-state index is -0.479. The number of amides is 1. The van der Waals surface area contributed by atoms with Gasteiger partial charge in [-0.3, -0.25) is 4.79 Å². The van der Waals surface area contributed by atoms with Crippen LogP contribution in [-0.2, 0) is 16.0 Å². The molecule has 0 saturated carbocycles. The van der Waals surface area contributed by atoms with Crippen molar-refractivity contribution in [3.05, 3.63) is 52.5 Å². The molecular weight excluding hydrogens is 362 g/mol. The summed E-state index contributed by atoms with van der Waals surface area (Å²) in [5, 5.41) is 2.78. The van der Waals surface area contributed by atoms with Gasteiger partial charge in [0.05, 0.1) is 0 Å². The molecule has 0 spiro atoms. The van der Waals surface area contributed by atoms with Crippen molar-refractivity contribution in [3.63, 3.8) is 0 Å². The Morgan fingerprint density at radius 1 is 1.09 bits per heavy atom. The predicted molar refractivity (Wildman–Crippen MR) is 88.7 cm³/mol. The molecular formula is C17H14BrNO4. The molecule has 6 heteroatoms. The molecule has 0 fully saturated rings. The Balaban J connectivity index is 1.57. The maximum atomic E-state index is 11.8. The van der Waals surface area contributed by atoms with Gasteiger partial charge in [0.1, 0.15) is 11.5 Å². The molecule has 0 atom stereocenters. The summed E-state index contributed by atoms with van der Waals surface area (Å²) in [7, 11) is 0. The molecule has 1 amide bonds. The van der Waals surface area contributed by atoms with Crippen molar-refractivity contribution in [1.29, 1.82) is 0 Å². The highest BCUT2D eigenvalue weighted by atomic mass is 79.9. The van der Waals surface area contributed by atoms with Crippen LogP contribution in [0.15, 0.2) is 46.9 Å². The zero-order valence-electron chi connectivity index (χ0n) is 12.2. The molecule has 23 heavy (non-hydrogen) atoms. The highest BCUT2D eigenvalue weighted by molar-refractivity contribution is 9.10. The number of anilines is 1. The van der Waals surface area contributed by atoms with Crippen molar-refractivity contribution in [2.75, 3.05) is 11.9 Å². The van der Waals surface area contributed by atoms with E-state index < -0.39 is 5.97 Å². The van der Waals surface area contributed by atoms with E-state index in [1.165, 1.54) is 0 Å². The number of hydrogen-bond donors (Lipinski definition) is 1. The quantitative estimate of drug-likeness (QED) is 0.657. The lowest BCUT2D eigenvalue weighted by Crippen LogP contribution is -2.20. The van der Waals surface area contributed by atoms with E-state index in [0.29, 0.717) is 24.3 Å². The topological polar surface area (TPSA) is 64.6 Å². The highest BCUT2D eigenvalue weighted by Crippen LogP contribution is 2.26. The van der Waals surface area contributed by atoms with Gasteiger partial charge in [-0.1, -0.05) is 15.9 Å². The van der Waals surface area contributed by atoms with E-state index >= 15 is 0 Å². The molecule has 1 N–H and O–H groups in total. The Morgan fingerprint density at radius 2 is 1.83 bits per heavy atom. The van der Waals surface area contributed by atoms with Crippen LogP contribution in [0.5, 0.6) is 11.5 Å². The summed E-state index contributed by atoms with van der Waals surface area (Å²) in [6.07, 6.45) is 1.08. The van der Waals surface area contributed by atoms with Gasteiger partial charge in [0, 0.05) is 16.6 Å². The van der Waals surface area contributed by atoms with E-state index in [-0.39, 0.29) is 12.5 Å². The summed E-state index contributed by atoms with van der Waals surface area (Å²) >= 11 is 3.33. The zero-order valence-corrected chi connectivity index (χ0v) is 13.8. The molecule has 0 radical (unpaired) electrons. The van der Waals surface area contributed by atoms with E-state index in [2.05, 4.69) is 21.2 Å². The van der Waals surface area contributed by atoms with Crippen LogP contribution >= 0.6 is 15.9 Å². The second kappa shape index (κ2) is 6.83. The molecule has 2 aromatic carbocycles. The lowest BCUT2D eigenvalue weighted by Gasteiger charge is -2.17. The Hall–Kier alpha value is -2.34. The van der Waals surface area contributed by atoms with Crippen molar-refractivity contribution in [3.8, 4) is 11.5 Å². The number of ether oxygens (including phenoxy) is 2. The van der Waals surface area contributed by atoms with Crippen LogP contribution in [0.1, 0.15) is 12.0 Å². The molecule has 1 aliphatic rings. The third kappa shape index (κ3) is 4.10. The normalized spacial score (nSPS) is 13.0. The molecule has 0 saturated heterocycles. The molecule has 5 nitrogen and oxygen atoms in total. The third-order valence-electron chi connectivity index (χ3n) is 3.37. The Morgan fingerprint density at radius 3 is 2.61 bits per heavy atom. The van der Waals surface area contributed by atoms with E-state index in [9.17, 15) is 9.59 Å². The van der Waals surface area contributed by atoms with Gasteiger partial charge in [-0.15, -0.1) is 0 Å². The average molecular weight is 376 g/mol. The van der Waals surface area contributed by atoms with Crippen LogP contribution < -0.4 is 14.8 Å². The second-order valence-electron chi connectivity index (χ2n) is 5.08. The first kappa shape index (κ1) is 15.6. The van der Waals surface area contributed by atoms with Crippen molar-refractivity contribution in [1.82, 2.24) is 0 Å². The van der Waals surface area contributed by atoms with E-state index in [1.807, 2.05) is 12.1 Å². The zero-order chi connectivity index (χ0) is 16.2. The van der Waals surface area contributed by atoms with Gasteiger partial charge in [-0.05, 0) is 54.4 Å². The maximum absolute atomic E-state index is 11.8. The summed E-state index contributed by atoms with van der Waals surface area (Å²) in [6.45, 7) is -0.171. The second-order valence-corrected chi connectivity index (χ2v) is 6.00. The molecule has 0 aliphatic carbocycles. The highest BCUT2D eigenvalue weighted by Gasteiger charge is 2.16. The van der Waals surface area contributed by atoms with E-state index in [4.69, 9.17) is 9.47 Å². The van der Waals surface area contributed by atoms with Crippen molar-refractivity contribution in [2.24, 2.45) is 0 Å². The van der Waals surface area contributed by atoms with Crippen LogP contribution in [0.25, 0.3) is 0 Å². The monoisotopic (exact) mass is 375 g/mol. The van der Waals surface area contributed by atoms with Gasteiger partial charge >= 0.3 is 5.97 Å². The molecule has 1 aliphatic heterocycles. The Kier molecular flexibility index (Phi) is 4.62. The molecule has 0 unspecified atom stereocenters. The number of hydrogen-bond acceptors (Lipinski definition) is 4. The Bertz CT molecular complexity index is 743. The van der Waals surface area contributed by atoms with Gasteiger partial charge in [-0.2, -0.15) is 0 Å². The molecule has 0 bridgehead atoms. The van der Waals surface area contributed by atoms with Crippen LogP contribution in [0.4, 0.5) is 5.69 Å². The predicted octanol–water partition coefficient (Wildman–Crippen LogP) is 3.32. The summed E-state index contributed by atoms with van der Waals surface area (Å²) in [5.41, 5.74) is 1.73. The van der Waals surface area contributed by atoms with Crippen LogP contribution in [0.3, 0.4) is 0 Å². The SMILES string of the molecule is O=C1CCc2cc(OC(=O)COc3ccc(Br)cc3)ccc2N1. The number of halogens is 1. The average Bonchev–Trinajstić information content (AvgIpc) is 2.54. The number of fused-ring (bicyclic) bond motifs is 1. The van der Waals surface area contributed by atoms with Crippen molar-refractivity contribution < 1.29 is 19.1 Å².